The second-order valence-corrected chi connectivity index (χ2v) is 7.90. The molecule has 1 aliphatic carbocycles. The van der Waals surface area contributed by atoms with Crippen LogP contribution in [0.1, 0.15) is 78.6 Å². The molecule has 0 saturated heterocycles. The highest BCUT2D eigenvalue weighted by Gasteiger charge is 2.23. The zero-order chi connectivity index (χ0) is 19.5. The summed E-state index contributed by atoms with van der Waals surface area (Å²) >= 11 is 0. The van der Waals surface area contributed by atoms with Crippen LogP contribution in [0.5, 0.6) is 0 Å². The second kappa shape index (κ2) is 8.18. The molecule has 0 saturated carbocycles. The molecule has 28 heavy (non-hydrogen) atoms. The predicted molar refractivity (Wildman–Crippen MR) is 115 cm³/mol. The first kappa shape index (κ1) is 18.7. The van der Waals surface area contributed by atoms with E-state index in [1.807, 2.05) is 24.3 Å². The molecular weight excluding hydrogens is 344 g/mol. The first-order valence-corrected chi connectivity index (χ1v) is 10.5. The van der Waals surface area contributed by atoms with Crippen molar-refractivity contribution in [3.05, 3.63) is 82.9 Å². The molecule has 0 heterocycles. The van der Waals surface area contributed by atoms with Gasteiger partial charge in [-0.05, 0) is 71.6 Å². The number of carbonyl (C=O) groups is 1. The quantitative estimate of drug-likeness (QED) is 0.365. The van der Waals surface area contributed by atoms with E-state index in [9.17, 15) is 4.79 Å². The largest absolute Gasteiger partial charge is 0.454 e. The summed E-state index contributed by atoms with van der Waals surface area (Å²) in [5.41, 5.74) is 4.46. The molecule has 0 N–H and O–H groups in total. The van der Waals surface area contributed by atoms with Crippen LogP contribution in [-0.4, -0.2) is 5.97 Å². The number of hydrogen-bond acceptors (Lipinski definition) is 2. The van der Waals surface area contributed by atoms with Crippen molar-refractivity contribution in [1.82, 2.24) is 0 Å². The zero-order valence-corrected chi connectivity index (χ0v) is 16.8. The van der Waals surface area contributed by atoms with Crippen LogP contribution >= 0.6 is 0 Å². The summed E-state index contributed by atoms with van der Waals surface area (Å²) < 4.78 is 6.08. The molecule has 4 rings (SSSR count). The number of rotatable bonds is 4. The Morgan fingerprint density at radius 1 is 1.00 bits per heavy atom. The Hall–Kier alpha value is -2.61. The molecule has 2 nitrogen and oxygen atoms in total. The number of esters is 1. The molecule has 0 radical (unpaired) electrons. The van der Waals surface area contributed by atoms with Gasteiger partial charge in [-0.2, -0.15) is 0 Å². The van der Waals surface area contributed by atoms with Gasteiger partial charge < -0.3 is 4.74 Å². The number of carbonyl (C=O) groups excluding carboxylic acids is 1. The maximum Gasteiger partial charge on any atom is 0.339 e. The first-order chi connectivity index (χ1) is 13.7. The zero-order valence-electron chi connectivity index (χ0n) is 16.8. The highest BCUT2D eigenvalue weighted by Crippen LogP contribution is 2.34. The van der Waals surface area contributed by atoms with Gasteiger partial charge in [-0.25, -0.2) is 4.79 Å². The van der Waals surface area contributed by atoms with Crippen LogP contribution in [0, 0.1) is 0 Å². The van der Waals surface area contributed by atoms with Gasteiger partial charge in [-0.1, -0.05) is 68.4 Å². The van der Waals surface area contributed by atoms with Crippen LogP contribution in [0.2, 0.25) is 0 Å². The Bertz CT molecular complexity index is 989. The van der Waals surface area contributed by atoms with E-state index in [-0.39, 0.29) is 12.1 Å². The van der Waals surface area contributed by atoms with E-state index in [1.54, 1.807) is 0 Å². The molecule has 0 bridgehead atoms. The van der Waals surface area contributed by atoms with Gasteiger partial charge in [-0.15, -0.1) is 0 Å². The third kappa shape index (κ3) is 3.56. The Balaban J connectivity index is 1.69. The molecule has 144 valence electrons. The summed E-state index contributed by atoms with van der Waals surface area (Å²) in [6, 6.07) is 20.7. The summed E-state index contributed by atoms with van der Waals surface area (Å²) in [7, 11) is 0. The second-order valence-electron chi connectivity index (χ2n) is 7.90. The fraction of sp³-hybridized carbons (Fsp3) is 0.346. The molecule has 0 spiro atoms. The van der Waals surface area contributed by atoms with Gasteiger partial charge in [0.15, 0.2) is 0 Å². The highest BCUT2D eigenvalue weighted by molar-refractivity contribution is 6.05. The van der Waals surface area contributed by atoms with Crippen molar-refractivity contribution in [2.75, 3.05) is 0 Å². The normalized spacial score (nSPS) is 17.6. The molecule has 0 amide bonds. The predicted octanol–water partition coefficient (Wildman–Crippen LogP) is 6.98. The van der Waals surface area contributed by atoms with Crippen molar-refractivity contribution in [3.63, 3.8) is 0 Å². The number of aryl methyl sites for hydroxylation is 1. The van der Waals surface area contributed by atoms with Crippen LogP contribution in [0.15, 0.2) is 60.7 Å². The van der Waals surface area contributed by atoms with Crippen molar-refractivity contribution in [1.29, 1.82) is 0 Å². The van der Waals surface area contributed by atoms with E-state index in [4.69, 9.17) is 4.74 Å². The summed E-state index contributed by atoms with van der Waals surface area (Å²) in [6.07, 6.45) is 5.12. The fourth-order valence-electron chi connectivity index (χ4n) is 4.35. The van der Waals surface area contributed by atoms with Crippen molar-refractivity contribution >= 4 is 16.7 Å². The number of ether oxygens (including phenoxy) is 1. The lowest BCUT2D eigenvalue weighted by Gasteiger charge is -2.20. The molecule has 3 aromatic rings. The molecule has 2 heteroatoms. The van der Waals surface area contributed by atoms with Gasteiger partial charge in [0.1, 0.15) is 6.10 Å². The van der Waals surface area contributed by atoms with Crippen molar-refractivity contribution in [3.8, 4) is 0 Å². The minimum absolute atomic E-state index is 0.154. The number of hydrogen-bond donors (Lipinski definition) is 0. The highest BCUT2D eigenvalue weighted by atomic mass is 16.5. The van der Waals surface area contributed by atoms with Gasteiger partial charge in [0, 0.05) is 0 Å². The molecule has 1 aliphatic rings. The maximum absolute atomic E-state index is 13.2. The number of benzene rings is 3. The average Bonchev–Trinajstić information content (AvgIpc) is 2.94. The van der Waals surface area contributed by atoms with Crippen molar-refractivity contribution in [2.45, 2.75) is 58.0 Å². The Morgan fingerprint density at radius 2 is 1.79 bits per heavy atom. The molecule has 2 atom stereocenters. The maximum atomic E-state index is 13.2. The fourth-order valence-corrected chi connectivity index (χ4v) is 4.35. The van der Waals surface area contributed by atoms with Gasteiger partial charge in [-0.3, -0.25) is 0 Å². The van der Waals surface area contributed by atoms with Crippen molar-refractivity contribution < 1.29 is 9.53 Å². The molecular formula is C26H28O2. The van der Waals surface area contributed by atoms with E-state index >= 15 is 0 Å². The minimum atomic E-state index is -0.214. The standard InChI is InChI=1S/C26H28O2/c1-3-18(2)20-13-8-15-23-22(20)14-9-16-24(23)26(27)28-25-17-7-5-11-19-10-4-6-12-21(19)25/h4,6,8-10,12-16,18,25H,3,5,7,11,17H2,1-2H3. The van der Waals surface area contributed by atoms with Crippen LogP contribution < -0.4 is 0 Å². The summed E-state index contributed by atoms with van der Waals surface area (Å²) in [5, 5.41) is 2.15. The smallest absolute Gasteiger partial charge is 0.339 e. The summed E-state index contributed by atoms with van der Waals surface area (Å²) in [4.78, 5) is 13.2. The van der Waals surface area contributed by atoms with E-state index in [2.05, 4.69) is 50.2 Å². The lowest BCUT2D eigenvalue weighted by molar-refractivity contribution is 0.0278. The third-order valence-electron chi connectivity index (χ3n) is 6.13. The molecule has 2 unspecified atom stereocenters. The topological polar surface area (TPSA) is 26.3 Å². The van der Waals surface area contributed by atoms with E-state index < -0.39 is 0 Å². The molecule has 0 fully saturated rings. The molecule has 0 aliphatic heterocycles. The molecule has 0 aromatic heterocycles. The lowest BCUT2D eigenvalue weighted by atomic mass is 9.91. The summed E-state index contributed by atoms with van der Waals surface area (Å²) in [6.45, 7) is 4.44. The number of fused-ring (bicyclic) bond motifs is 2. The van der Waals surface area contributed by atoms with Gasteiger partial charge in [0.05, 0.1) is 5.56 Å². The SMILES string of the molecule is CCC(C)c1cccc2c(C(=O)OC3CCCCc4ccccc43)cccc12. The average molecular weight is 373 g/mol. The Labute approximate surface area is 167 Å². The van der Waals surface area contributed by atoms with Crippen LogP contribution in [0.4, 0.5) is 0 Å². The van der Waals surface area contributed by atoms with E-state index in [0.29, 0.717) is 11.5 Å². The Kier molecular flexibility index (Phi) is 5.47. The van der Waals surface area contributed by atoms with Crippen molar-refractivity contribution in [2.24, 2.45) is 0 Å². The van der Waals surface area contributed by atoms with Gasteiger partial charge in [0.25, 0.3) is 0 Å². The monoisotopic (exact) mass is 372 g/mol. The van der Waals surface area contributed by atoms with Gasteiger partial charge in [0.2, 0.25) is 0 Å². The van der Waals surface area contributed by atoms with Gasteiger partial charge >= 0.3 is 5.97 Å². The lowest BCUT2D eigenvalue weighted by Crippen LogP contribution is -2.13. The molecule has 3 aromatic carbocycles. The van der Waals surface area contributed by atoms with Crippen LogP contribution in [0.25, 0.3) is 10.8 Å². The first-order valence-electron chi connectivity index (χ1n) is 10.5. The van der Waals surface area contributed by atoms with Crippen LogP contribution in [0.3, 0.4) is 0 Å². The third-order valence-corrected chi connectivity index (χ3v) is 6.13. The van der Waals surface area contributed by atoms with Crippen LogP contribution in [-0.2, 0) is 11.2 Å². The summed E-state index contributed by atoms with van der Waals surface area (Å²) in [5.74, 6) is 0.248. The van der Waals surface area contributed by atoms with E-state index in [0.717, 1.165) is 42.9 Å². The Morgan fingerprint density at radius 3 is 2.64 bits per heavy atom. The minimum Gasteiger partial charge on any atom is -0.454 e. The van der Waals surface area contributed by atoms with E-state index in [1.165, 1.54) is 16.7 Å².